The van der Waals surface area contributed by atoms with Crippen molar-refractivity contribution in [3.05, 3.63) is 70.4 Å². The average Bonchev–Trinajstić information content (AvgIpc) is 2.96. The zero-order valence-corrected chi connectivity index (χ0v) is 15.6. The summed E-state index contributed by atoms with van der Waals surface area (Å²) in [4.78, 5) is 16.8. The molecule has 1 aromatic carbocycles. The van der Waals surface area contributed by atoms with Crippen molar-refractivity contribution in [1.82, 2.24) is 20.1 Å². The zero-order chi connectivity index (χ0) is 19.4. The molecule has 2 heterocycles. The summed E-state index contributed by atoms with van der Waals surface area (Å²) in [6.07, 6.45) is 1.63. The lowest BCUT2D eigenvalue weighted by atomic mass is 10.2. The summed E-state index contributed by atoms with van der Waals surface area (Å²) in [6.45, 7) is 4.27. The van der Waals surface area contributed by atoms with Gasteiger partial charge in [-0.25, -0.2) is 14.1 Å². The van der Waals surface area contributed by atoms with E-state index in [0.717, 1.165) is 5.56 Å². The maximum atomic E-state index is 13.1. The van der Waals surface area contributed by atoms with Crippen LogP contribution < -0.4 is 10.1 Å². The highest BCUT2D eigenvalue weighted by Gasteiger charge is 2.21. The van der Waals surface area contributed by atoms with Gasteiger partial charge in [-0.15, -0.1) is 0 Å². The number of nitrogens with zero attached hydrogens (tertiary/aromatic N) is 3. The van der Waals surface area contributed by atoms with Crippen LogP contribution in [-0.2, 0) is 6.54 Å². The van der Waals surface area contributed by atoms with Crippen molar-refractivity contribution in [3.63, 3.8) is 0 Å². The lowest BCUT2D eigenvalue weighted by Crippen LogP contribution is -2.24. The third-order valence-electron chi connectivity index (χ3n) is 3.87. The number of hydrogen-bond donors (Lipinski definition) is 1. The highest BCUT2D eigenvalue weighted by Crippen LogP contribution is 2.24. The lowest BCUT2D eigenvalue weighted by Gasteiger charge is -2.10. The first-order valence-corrected chi connectivity index (χ1v) is 8.75. The van der Waals surface area contributed by atoms with Gasteiger partial charge in [0.15, 0.2) is 0 Å². The Kier molecular flexibility index (Phi) is 5.71. The fourth-order valence-corrected chi connectivity index (χ4v) is 2.96. The summed E-state index contributed by atoms with van der Waals surface area (Å²) < 4.78 is 20.0. The highest BCUT2D eigenvalue weighted by atomic mass is 35.5. The predicted octanol–water partition coefficient (Wildman–Crippen LogP) is 3.70. The Balaban J connectivity index is 1.81. The van der Waals surface area contributed by atoms with Gasteiger partial charge in [-0.1, -0.05) is 17.7 Å². The number of benzene rings is 1. The number of pyridine rings is 1. The molecule has 0 aliphatic heterocycles. The second kappa shape index (κ2) is 8.18. The summed E-state index contributed by atoms with van der Waals surface area (Å²) in [5.74, 6) is -0.249. The van der Waals surface area contributed by atoms with Crippen molar-refractivity contribution in [3.8, 4) is 11.6 Å². The van der Waals surface area contributed by atoms with Crippen LogP contribution in [0.3, 0.4) is 0 Å². The minimum Gasteiger partial charge on any atom is -0.478 e. The molecule has 8 heteroatoms. The molecule has 0 saturated carbocycles. The molecule has 0 unspecified atom stereocenters. The van der Waals surface area contributed by atoms with Crippen molar-refractivity contribution in [2.75, 3.05) is 6.61 Å². The van der Waals surface area contributed by atoms with Crippen molar-refractivity contribution in [2.24, 2.45) is 0 Å². The Morgan fingerprint density at radius 1 is 1.30 bits per heavy atom. The van der Waals surface area contributed by atoms with Crippen molar-refractivity contribution >= 4 is 17.5 Å². The molecule has 3 aromatic rings. The Hall–Kier alpha value is -2.93. The van der Waals surface area contributed by atoms with Crippen LogP contribution in [0.25, 0.3) is 5.69 Å². The normalized spacial score (nSPS) is 10.7. The topological polar surface area (TPSA) is 69.0 Å². The molecule has 0 aliphatic rings. The summed E-state index contributed by atoms with van der Waals surface area (Å²) in [5, 5.41) is 7.27. The van der Waals surface area contributed by atoms with Gasteiger partial charge in [-0.2, -0.15) is 5.10 Å². The summed E-state index contributed by atoms with van der Waals surface area (Å²) in [5.41, 5.74) is 2.06. The van der Waals surface area contributed by atoms with Crippen LogP contribution in [0.15, 0.2) is 42.6 Å². The number of amides is 1. The molecule has 1 N–H and O–H groups in total. The number of hydrogen-bond acceptors (Lipinski definition) is 4. The van der Waals surface area contributed by atoms with Gasteiger partial charge in [0.2, 0.25) is 5.88 Å². The minimum atomic E-state index is -0.364. The van der Waals surface area contributed by atoms with Crippen LogP contribution in [-0.4, -0.2) is 27.3 Å². The molecular weight excluding hydrogens is 371 g/mol. The largest absolute Gasteiger partial charge is 0.478 e. The number of carbonyl (C=O) groups excluding carboxylic acids is 1. The van der Waals surface area contributed by atoms with Gasteiger partial charge >= 0.3 is 0 Å². The van der Waals surface area contributed by atoms with E-state index in [2.05, 4.69) is 15.4 Å². The molecule has 0 fully saturated rings. The van der Waals surface area contributed by atoms with Crippen LogP contribution in [0.4, 0.5) is 4.39 Å². The molecule has 3 rings (SSSR count). The number of nitrogens with one attached hydrogen (secondary N) is 1. The van der Waals surface area contributed by atoms with E-state index < -0.39 is 0 Å². The molecule has 2 aromatic heterocycles. The number of halogens is 2. The minimum absolute atomic E-state index is 0.160. The molecule has 0 aliphatic carbocycles. The average molecular weight is 389 g/mol. The molecule has 0 atom stereocenters. The Morgan fingerprint density at radius 2 is 2.04 bits per heavy atom. The third-order valence-corrected chi connectivity index (χ3v) is 4.22. The van der Waals surface area contributed by atoms with Crippen molar-refractivity contribution < 1.29 is 13.9 Å². The maximum absolute atomic E-state index is 13.1. The number of rotatable bonds is 6. The van der Waals surface area contributed by atoms with E-state index in [0.29, 0.717) is 23.9 Å². The van der Waals surface area contributed by atoms with Crippen molar-refractivity contribution in [2.45, 2.75) is 20.4 Å². The smallest absolute Gasteiger partial charge is 0.256 e. The fourth-order valence-electron chi connectivity index (χ4n) is 2.60. The monoisotopic (exact) mass is 388 g/mol. The molecule has 0 radical (unpaired) electrons. The van der Waals surface area contributed by atoms with Gasteiger partial charge < -0.3 is 10.1 Å². The zero-order valence-electron chi connectivity index (χ0n) is 14.9. The second-order valence-electron chi connectivity index (χ2n) is 5.72. The summed E-state index contributed by atoms with van der Waals surface area (Å²) in [6, 6.07) is 9.29. The molecule has 0 bridgehead atoms. The van der Waals surface area contributed by atoms with Crippen LogP contribution in [0.1, 0.15) is 28.5 Å². The Labute approximate surface area is 160 Å². The maximum Gasteiger partial charge on any atom is 0.256 e. The number of aryl methyl sites for hydroxylation is 1. The van der Waals surface area contributed by atoms with Crippen LogP contribution in [0.5, 0.6) is 5.88 Å². The third kappa shape index (κ3) is 4.09. The van der Waals surface area contributed by atoms with E-state index >= 15 is 0 Å². The van der Waals surface area contributed by atoms with E-state index in [1.165, 1.54) is 16.8 Å². The highest BCUT2D eigenvalue weighted by molar-refractivity contribution is 6.33. The standard InChI is InChI=1S/C19H18ClFN4O2/c1-3-27-19-13(5-4-10-22-19)11-23-18(26)16-12(2)24-25(17(16)20)15-8-6-14(21)7-9-15/h4-10H,3,11H2,1-2H3,(H,23,26). The molecule has 140 valence electrons. The van der Waals surface area contributed by atoms with Crippen LogP contribution in [0, 0.1) is 12.7 Å². The number of ether oxygens (including phenoxy) is 1. The van der Waals surface area contributed by atoms with Crippen molar-refractivity contribution in [1.29, 1.82) is 0 Å². The first-order valence-electron chi connectivity index (χ1n) is 8.37. The lowest BCUT2D eigenvalue weighted by molar-refractivity contribution is 0.0950. The van der Waals surface area contributed by atoms with E-state index in [-0.39, 0.29) is 29.0 Å². The SMILES string of the molecule is CCOc1ncccc1CNC(=O)c1c(C)nn(-c2ccc(F)cc2)c1Cl. The quantitative estimate of drug-likeness (QED) is 0.699. The van der Waals surface area contributed by atoms with E-state index in [9.17, 15) is 9.18 Å². The van der Waals surface area contributed by atoms with E-state index in [1.54, 1.807) is 31.3 Å². The molecular formula is C19H18ClFN4O2. The predicted molar refractivity (Wildman–Crippen MR) is 99.8 cm³/mol. The number of aromatic nitrogens is 3. The van der Waals surface area contributed by atoms with Gasteiger partial charge in [-0.05, 0) is 44.2 Å². The molecule has 0 saturated heterocycles. The summed E-state index contributed by atoms with van der Waals surface area (Å²) in [7, 11) is 0. The first kappa shape index (κ1) is 18.8. The van der Waals surface area contributed by atoms with E-state index in [1.807, 2.05) is 13.0 Å². The van der Waals surface area contributed by atoms with E-state index in [4.69, 9.17) is 16.3 Å². The first-order chi connectivity index (χ1) is 13.0. The molecule has 0 spiro atoms. The van der Waals surface area contributed by atoms with Gasteiger partial charge in [0.25, 0.3) is 5.91 Å². The fraction of sp³-hybridized carbons (Fsp3) is 0.211. The van der Waals surface area contributed by atoms with Gasteiger partial charge in [-0.3, -0.25) is 4.79 Å². The number of carbonyl (C=O) groups is 1. The molecule has 1 amide bonds. The molecule has 6 nitrogen and oxygen atoms in total. The second-order valence-corrected chi connectivity index (χ2v) is 6.08. The van der Waals surface area contributed by atoms with Crippen LogP contribution >= 0.6 is 11.6 Å². The van der Waals surface area contributed by atoms with Crippen LogP contribution in [0.2, 0.25) is 5.15 Å². The van der Waals surface area contributed by atoms with Gasteiger partial charge in [0, 0.05) is 18.3 Å². The molecule has 27 heavy (non-hydrogen) atoms. The Bertz CT molecular complexity index is 957. The summed E-state index contributed by atoms with van der Waals surface area (Å²) >= 11 is 6.37. The van der Waals surface area contributed by atoms with Gasteiger partial charge in [0.05, 0.1) is 23.6 Å². The van der Waals surface area contributed by atoms with Gasteiger partial charge in [0.1, 0.15) is 11.0 Å². The Morgan fingerprint density at radius 3 is 2.74 bits per heavy atom.